The number of hydrogen-bond donors (Lipinski definition) is 3. The van der Waals surface area contributed by atoms with Crippen LogP contribution in [0.2, 0.25) is 0 Å². The number of hydrazone groups is 1. The maximum Gasteiger partial charge on any atom is 0.307 e. The minimum absolute atomic E-state index is 0.0612. The Labute approximate surface area is 131 Å². The molecule has 116 valence electrons. The third-order valence-electron chi connectivity index (χ3n) is 3.39. The second-order valence-electron chi connectivity index (χ2n) is 5.00. The Morgan fingerprint density at radius 2 is 2.00 bits per heavy atom. The molecular weight excluding hydrogens is 296 g/mol. The summed E-state index contributed by atoms with van der Waals surface area (Å²) >= 11 is 0. The van der Waals surface area contributed by atoms with Crippen LogP contribution in [0.15, 0.2) is 52.0 Å². The van der Waals surface area contributed by atoms with Crippen molar-refractivity contribution in [1.82, 2.24) is 5.43 Å². The number of aryl methyl sites for hydroxylation is 1. The average molecular weight is 310 g/mol. The number of nitrogens with one attached hydrogen (secondary N) is 1. The molecule has 23 heavy (non-hydrogen) atoms. The lowest BCUT2D eigenvalue weighted by molar-refractivity contribution is 0.0929. The lowest BCUT2D eigenvalue weighted by Gasteiger charge is -1.98. The number of fused-ring (bicyclic) bond motifs is 1. The summed E-state index contributed by atoms with van der Waals surface area (Å²) in [4.78, 5) is 12.2. The van der Waals surface area contributed by atoms with Crippen LogP contribution in [0.3, 0.4) is 0 Å². The fraction of sp³-hybridized carbons (Fsp3) is 0.0588. The number of aromatic hydroxyl groups is 2. The van der Waals surface area contributed by atoms with Crippen molar-refractivity contribution >= 4 is 23.1 Å². The highest BCUT2D eigenvalue weighted by Gasteiger charge is 2.19. The molecule has 0 saturated carbocycles. The second-order valence-corrected chi connectivity index (χ2v) is 5.00. The van der Waals surface area contributed by atoms with Crippen LogP contribution < -0.4 is 5.43 Å². The van der Waals surface area contributed by atoms with Gasteiger partial charge in [-0.1, -0.05) is 18.2 Å². The number of phenols is 2. The van der Waals surface area contributed by atoms with E-state index in [0.29, 0.717) is 22.1 Å². The number of phenolic OH excluding ortho intramolecular Hbond substituents is 2. The van der Waals surface area contributed by atoms with Crippen LogP contribution in [0.5, 0.6) is 11.5 Å². The Hall–Kier alpha value is -3.28. The van der Waals surface area contributed by atoms with Gasteiger partial charge >= 0.3 is 5.91 Å². The van der Waals surface area contributed by atoms with Crippen molar-refractivity contribution in [2.75, 3.05) is 0 Å². The zero-order valence-corrected chi connectivity index (χ0v) is 12.3. The normalized spacial score (nSPS) is 11.2. The van der Waals surface area contributed by atoms with Crippen molar-refractivity contribution in [3.63, 3.8) is 0 Å². The average Bonchev–Trinajstić information content (AvgIpc) is 2.86. The van der Waals surface area contributed by atoms with Crippen molar-refractivity contribution in [2.24, 2.45) is 5.10 Å². The van der Waals surface area contributed by atoms with Gasteiger partial charge in [0.15, 0.2) is 5.76 Å². The molecule has 0 spiro atoms. The summed E-state index contributed by atoms with van der Waals surface area (Å²) in [5.41, 5.74) is 3.98. The molecule has 0 aliphatic heterocycles. The highest BCUT2D eigenvalue weighted by molar-refractivity contribution is 6.00. The summed E-state index contributed by atoms with van der Waals surface area (Å²) in [6.07, 6.45) is 1.41. The maximum absolute atomic E-state index is 12.2. The van der Waals surface area contributed by atoms with E-state index < -0.39 is 5.91 Å². The minimum atomic E-state index is -0.519. The number of carbonyl (C=O) groups is 1. The van der Waals surface area contributed by atoms with Crippen molar-refractivity contribution < 1.29 is 19.4 Å². The van der Waals surface area contributed by atoms with Crippen molar-refractivity contribution in [1.29, 1.82) is 0 Å². The van der Waals surface area contributed by atoms with Gasteiger partial charge in [0, 0.05) is 5.56 Å². The number of amides is 1. The van der Waals surface area contributed by atoms with E-state index >= 15 is 0 Å². The molecule has 3 rings (SSSR count). The van der Waals surface area contributed by atoms with Gasteiger partial charge in [0.05, 0.1) is 11.6 Å². The van der Waals surface area contributed by atoms with Crippen LogP contribution in [0, 0.1) is 6.92 Å². The van der Waals surface area contributed by atoms with E-state index in [1.54, 1.807) is 37.3 Å². The highest BCUT2D eigenvalue weighted by Crippen LogP contribution is 2.32. The molecule has 0 atom stereocenters. The molecule has 1 amide bonds. The predicted molar refractivity (Wildman–Crippen MR) is 85.8 cm³/mol. The van der Waals surface area contributed by atoms with Crippen LogP contribution >= 0.6 is 0 Å². The fourth-order valence-corrected chi connectivity index (χ4v) is 2.32. The third-order valence-corrected chi connectivity index (χ3v) is 3.39. The molecule has 3 N–H and O–H groups in total. The Bertz CT molecular complexity index is 912. The monoisotopic (exact) mass is 310 g/mol. The lowest BCUT2D eigenvalue weighted by atomic mass is 10.1. The number of nitrogens with zero attached hydrogens (tertiary/aromatic N) is 1. The van der Waals surface area contributed by atoms with Crippen molar-refractivity contribution in [3.05, 3.63) is 59.4 Å². The molecule has 1 aromatic heterocycles. The van der Waals surface area contributed by atoms with Crippen LogP contribution in [0.4, 0.5) is 0 Å². The van der Waals surface area contributed by atoms with Gasteiger partial charge in [-0.15, -0.1) is 0 Å². The molecule has 0 fully saturated rings. The predicted octanol–water partition coefficient (Wildman–Crippen LogP) is 2.92. The molecule has 6 nitrogen and oxygen atoms in total. The Balaban J connectivity index is 1.81. The Morgan fingerprint density at radius 3 is 2.74 bits per heavy atom. The first-order valence-corrected chi connectivity index (χ1v) is 6.90. The second kappa shape index (κ2) is 5.84. The maximum atomic E-state index is 12.2. The van der Waals surface area contributed by atoms with Crippen LogP contribution in [0.1, 0.15) is 21.7 Å². The van der Waals surface area contributed by atoms with E-state index in [1.807, 2.05) is 0 Å². The van der Waals surface area contributed by atoms with Gasteiger partial charge in [0.25, 0.3) is 0 Å². The lowest BCUT2D eigenvalue weighted by Crippen LogP contribution is -2.17. The van der Waals surface area contributed by atoms with Gasteiger partial charge in [-0.05, 0) is 36.8 Å². The molecule has 0 radical (unpaired) electrons. The first-order valence-electron chi connectivity index (χ1n) is 6.90. The van der Waals surface area contributed by atoms with E-state index in [0.717, 1.165) is 0 Å². The van der Waals surface area contributed by atoms with Gasteiger partial charge in [-0.25, -0.2) is 5.43 Å². The highest BCUT2D eigenvalue weighted by atomic mass is 16.3. The molecule has 6 heteroatoms. The van der Waals surface area contributed by atoms with Crippen LogP contribution in [-0.2, 0) is 0 Å². The summed E-state index contributed by atoms with van der Waals surface area (Å²) in [6.45, 7) is 1.69. The summed E-state index contributed by atoms with van der Waals surface area (Å²) in [6, 6.07) is 11.3. The first-order chi connectivity index (χ1) is 11.1. The van der Waals surface area contributed by atoms with E-state index in [-0.39, 0.29) is 17.3 Å². The fourth-order valence-electron chi connectivity index (χ4n) is 2.32. The molecule has 0 saturated heterocycles. The number of furan rings is 1. The topological polar surface area (TPSA) is 95.1 Å². The van der Waals surface area contributed by atoms with Gasteiger partial charge in [-0.3, -0.25) is 4.79 Å². The number of carbonyl (C=O) groups excluding carboxylic acids is 1. The van der Waals surface area contributed by atoms with Gasteiger partial charge in [0.1, 0.15) is 17.1 Å². The molecule has 0 aliphatic rings. The molecule has 0 aliphatic carbocycles. The molecule has 2 aromatic carbocycles. The van der Waals surface area contributed by atoms with Crippen molar-refractivity contribution in [3.8, 4) is 11.5 Å². The quantitative estimate of drug-likeness (QED) is 0.512. The standard InChI is InChI=1S/C17H14N2O4/c1-10-15-13(21)6-3-7-14(15)23-16(10)17(22)19-18-9-11-4-2-5-12(20)8-11/h2-9,20-21H,1H3,(H,19,22). The summed E-state index contributed by atoms with van der Waals surface area (Å²) in [5, 5.41) is 23.6. The summed E-state index contributed by atoms with van der Waals surface area (Å²) in [5.74, 6) is -0.251. The smallest absolute Gasteiger partial charge is 0.307 e. The van der Waals surface area contributed by atoms with Gasteiger partial charge in [0.2, 0.25) is 0 Å². The van der Waals surface area contributed by atoms with E-state index in [1.165, 1.54) is 18.3 Å². The van der Waals surface area contributed by atoms with Crippen LogP contribution in [0.25, 0.3) is 11.0 Å². The van der Waals surface area contributed by atoms with Gasteiger partial charge < -0.3 is 14.6 Å². The van der Waals surface area contributed by atoms with E-state index in [2.05, 4.69) is 10.5 Å². The molecular formula is C17H14N2O4. The number of rotatable bonds is 3. The zero-order chi connectivity index (χ0) is 16.4. The summed E-state index contributed by atoms with van der Waals surface area (Å²) < 4.78 is 5.48. The first kappa shape index (κ1) is 14.6. The molecule has 3 aromatic rings. The van der Waals surface area contributed by atoms with Crippen LogP contribution in [-0.4, -0.2) is 22.3 Å². The van der Waals surface area contributed by atoms with E-state index in [9.17, 15) is 15.0 Å². The SMILES string of the molecule is Cc1c(C(=O)NN=Cc2cccc(O)c2)oc2cccc(O)c12. The van der Waals surface area contributed by atoms with E-state index in [4.69, 9.17) is 4.42 Å². The summed E-state index contributed by atoms with van der Waals surface area (Å²) in [7, 11) is 0. The zero-order valence-electron chi connectivity index (χ0n) is 12.3. The third kappa shape index (κ3) is 2.87. The Kier molecular flexibility index (Phi) is 3.72. The largest absolute Gasteiger partial charge is 0.508 e. The van der Waals surface area contributed by atoms with Crippen molar-refractivity contribution in [2.45, 2.75) is 6.92 Å². The number of benzene rings is 2. The number of hydrogen-bond acceptors (Lipinski definition) is 5. The Morgan fingerprint density at radius 1 is 1.22 bits per heavy atom. The van der Waals surface area contributed by atoms with Gasteiger partial charge in [-0.2, -0.15) is 5.10 Å². The molecule has 0 bridgehead atoms. The minimum Gasteiger partial charge on any atom is -0.508 e. The molecule has 1 heterocycles. The molecule has 0 unspecified atom stereocenters.